The molecule has 120 valence electrons. The van der Waals surface area contributed by atoms with E-state index in [0.29, 0.717) is 0 Å². The second-order valence-corrected chi connectivity index (χ2v) is 4.64. The van der Waals surface area contributed by atoms with E-state index in [-0.39, 0.29) is 5.69 Å². The third-order valence-corrected chi connectivity index (χ3v) is 2.93. The van der Waals surface area contributed by atoms with Gasteiger partial charge in [0.05, 0.1) is 0 Å². The second-order valence-electron chi connectivity index (χ2n) is 4.64. The third kappa shape index (κ3) is 4.09. The van der Waals surface area contributed by atoms with E-state index in [4.69, 9.17) is 4.74 Å². The van der Waals surface area contributed by atoms with Gasteiger partial charge >= 0.3 is 5.97 Å². The van der Waals surface area contributed by atoms with Crippen molar-refractivity contribution in [3.8, 4) is 0 Å². The standard InChI is InChI=1S/C16H12F3NO3/c1-9(15(21)20-11-7-5-10(17)6-8-11)23-16(22)14-12(18)3-2-4-13(14)19/h2-9H,1H3,(H,20,21)/t9-/m1/s1. The molecule has 1 amide bonds. The number of amides is 1. The molecule has 0 spiro atoms. The van der Waals surface area contributed by atoms with E-state index >= 15 is 0 Å². The Morgan fingerprint density at radius 1 is 1.00 bits per heavy atom. The smallest absolute Gasteiger partial charge is 0.344 e. The van der Waals surface area contributed by atoms with E-state index in [9.17, 15) is 22.8 Å². The quantitative estimate of drug-likeness (QED) is 0.879. The van der Waals surface area contributed by atoms with Crippen molar-refractivity contribution in [1.29, 1.82) is 0 Å². The van der Waals surface area contributed by atoms with Crippen LogP contribution in [0.2, 0.25) is 0 Å². The van der Waals surface area contributed by atoms with E-state index in [1.165, 1.54) is 19.1 Å². The predicted molar refractivity (Wildman–Crippen MR) is 76.3 cm³/mol. The summed E-state index contributed by atoms with van der Waals surface area (Å²) in [5.41, 5.74) is -0.578. The van der Waals surface area contributed by atoms with Crippen molar-refractivity contribution in [3.05, 3.63) is 65.5 Å². The largest absolute Gasteiger partial charge is 0.449 e. The van der Waals surface area contributed by atoms with E-state index in [1.54, 1.807) is 0 Å². The van der Waals surface area contributed by atoms with Crippen LogP contribution < -0.4 is 5.32 Å². The Balaban J connectivity index is 2.03. The Morgan fingerprint density at radius 3 is 2.13 bits per heavy atom. The zero-order valence-corrected chi connectivity index (χ0v) is 12.0. The lowest BCUT2D eigenvalue weighted by molar-refractivity contribution is -0.123. The number of nitrogens with one attached hydrogen (secondary N) is 1. The maximum atomic E-state index is 13.5. The summed E-state index contributed by atoms with van der Waals surface area (Å²) in [6.45, 7) is 1.25. The van der Waals surface area contributed by atoms with Gasteiger partial charge in [-0.3, -0.25) is 4.79 Å². The van der Waals surface area contributed by atoms with Gasteiger partial charge in [0.2, 0.25) is 0 Å². The number of esters is 1. The first-order valence-corrected chi connectivity index (χ1v) is 6.60. The lowest BCUT2D eigenvalue weighted by Crippen LogP contribution is -2.30. The average molecular weight is 323 g/mol. The molecule has 0 saturated carbocycles. The first-order chi connectivity index (χ1) is 10.9. The van der Waals surface area contributed by atoms with Crippen molar-refractivity contribution in [2.45, 2.75) is 13.0 Å². The van der Waals surface area contributed by atoms with Crippen molar-refractivity contribution < 1.29 is 27.5 Å². The Labute approximate surface area is 129 Å². The van der Waals surface area contributed by atoms with Crippen LogP contribution in [0.5, 0.6) is 0 Å². The van der Waals surface area contributed by atoms with Gasteiger partial charge in [-0.25, -0.2) is 18.0 Å². The van der Waals surface area contributed by atoms with Crippen LogP contribution in [0.15, 0.2) is 42.5 Å². The number of ether oxygens (including phenoxy) is 1. The maximum absolute atomic E-state index is 13.5. The van der Waals surface area contributed by atoms with Crippen LogP contribution in [0, 0.1) is 17.5 Å². The molecule has 2 aromatic rings. The molecule has 23 heavy (non-hydrogen) atoms. The van der Waals surface area contributed by atoms with Crippen molar-refractivity contribution in [1.82, 2.24) is 0 Å². The Hall–Kier alpha value is -2.83. The Bertz CT molecular complexity index is 712. The molecule has 1 atom stereocenters. The lowest BCUT2D eigenvalue weighted by atomic mass is 10.2. The van der Waals surface area contributed by atoms with Crippen LogP contribution in [0.25, 0.3) is 0 Å². The van der Waals surface area contributed by atoms with E-state index < -0.39 is 41.0 Å². The molecule has 0 radical (unpaired) electrons. The van der Waals surface area contributed by atoms with Crippen LogP contribution in [-0.2, 0) is 9.53 Å². The van der Waals surface area contributed by atoms with E-state index in [0.717, 1.165) is 30.3 Å². The number of rotatable bonds is 4. The number of benzene rings is 2. The maximum Gasteiger partial charge on any atom is 0.344 e. The number of carbonyl (C=O) groups is 2. The molecular formula is C16H12F3NO3. The molecule has 2 aromatic carbocycles. The fourth-order valence-corrected chi connectivity index (χ4v) is 1.74. The molecule has 0 bridgehead atoms. The van der Waals surface area contributed by atoms with E-state index in [1.807, 2.05) is 0 Å². The molecule has 0 unspecified atom stereocenters. The summed E-state index contributed by atoms with van der Waals surface area (Å²) in [7, 11) is 0. The molecule has 1 N–H and O–H groups in total. The minimum Gasteiger partial charge on any atom is -0.449 e. The molecule has 0 aliphatic heterocycles. The van der Waals surface area contributed by atoms with Crippen LogP contribution in [0.4, 0.5) is 18.9 Å². The Kier molecular flexibility index (Phi) is 5.00. The van der Waals surface area contributed by atoms with Gasteiger partial charge in [-0.05, 0) is 43.3 Å². The fourth-order valence-electron chi connectivity index (χ4n) is 1.74. The highest BCUT2D eigenvalue weighted by Crippen LogP contribution is 2.15. The monoisotopic (exact) mass is 323 g/mol. The molecule has 0 aromatic heterocycles. The second kappa shape index (κ2) is 6.95. The summed E-state index contributed by atoms with van der Waals surface area (Å²) in [4.78, 5) is 23.6. The SMILES string of the molecule is C[C@@H](OC(=O)c1c(F)cccc1F)C(=O)Nc1ccc(F)cc1. The highest BCUT2D eigenvalue weighted by atomic mass is 19.1. The summed E-state index contributed by atoms with van der Waals surface area (Å²) in [6, 6.07) is 7.83. The van der Waals surface area contributed by atoms with Crippen molar-refractivity contribution in [2.75, 3.05) is 5.32 Å². The third-order valence-electron chi connectivity index (χ3n) is 2.93. The lowest BCUT2D eigenvalue weighted by Gasteiger charge is -2.14. The summed E-state index contributed by atoms with van der Waals surface area (Å²) in [6.07, 6.45) is -1.30. The van der Waals surface area contributed by atoms with Crippen LogP contribution in [0.3, 0.4) is 0 Å². The van der Waals surface area contributed by atoms with Crippen molar-refractivity contribution >= 4 is 17.6 Å². The first-order valence-electron chi connectivity index (χ1n) is 6.60. The minimum absolute atomic E-state index is 0.288. The summed E-state index contributed by atoms with van der Waals surface area (Å²) >= 11 is 0. The topological polar surface area (TPSA) is 55.4 Å². The van der Waals surface area contributed by atoms with Gasteiger partial charge in [0.15, 0.2) is 6.10 Å². The Morgan fingerprint density at radius 2 is 1.57 bits per heavy atom. The minimum atomic E-state index is -1.30. The summed E-state index contributed by atoms with van der Waals surface area (Å²) in [5.74, 6) is -4.65. The molecule has 2 rings (SSSR count). The summed E-state index contributed by atoms with van der Waals surface area (Å²) < 4.78 is 44.4. The van der Waals surface area contributed by atoms with Crippen molar-refractivity contribution in [3.63, 3.8) is 0 Å². The van der Waals surface area contributed by atoms with Crippen LogP contribution in [0.1, 0.15) is 17.3 Å². The van der Waals surface area contributed by atoms with Gasteiger partial charge in [-0.15, -0.1) is 0 Å². The number of halogens is 3. The average Bonchev–Trinajstić information content (AvgIpc) is 2.49. The van der Waals surface area contributed by atoms with E-state index in [2.05, 4.69) is 5.32 Å². The molecule has 4 nitrogen and oxygen atoms in total. The van der Waals surface area contributed by atoms with Gasteiger partial charge in [-0.2, -0.15) is 0 Å². The number of hydrogen-bond donors (Lipinski definition) is 1. The molecule has 7 heteroatoms. The van der Waals surface area contributed by atoms with Gasteiger partial charge in [0.25, 0.3) is 5.91 Å². The van der Waals surface area contributed by atoms with Crippen molar-refractivity contribution in [2.24, 2.45) is 0 Å². The molecule has 0 aliphatic carbocycles. The molecule has 0 aliphatic rings. The molecule has 0 heterocycles. The zero-order valence-electron chi connectivity index (χ0n) is 12.0. The highest BCUT2D eigenvalue weighted by molar-refractivity contribution is 5.97. The fraction of sp³-hybridized carbons (Fsp3) is 0.125. The normalized spacial score (nSPS) is 11.7. The number of hydrogen-bond acceptors (Lipinski definition) is 3. The van der Waals surface area contributed by atoms with Gasteiger partial charge in [-0.1, -0.05) is 6.07 Å². The molecule has 0 saturated heterocycles. The van der Waals surface area contributed by atoms with Gasteiger partial charge < -0.3 is 10.1 Å². The number of anilines is 1. The zero-order chi connectivity index (χ0) is 17.0. The van der Waals surface area contributed by atoms with Gasteiger partial charge in [0.1, 0.15) is 23.0 Å². The van der Waals surface area contributed by atoms with Crippen LogP contribution in [-0.4, -0.2) is 18.0 Å². The van der Waals surface area contributed by atoms with Crippen LogP contribution >= 0.6 is 0 Å². The highest BCUT2D eigenvalue weighted by Gasteiger charge is 2.24. The molecule has 0 fully saturated rings. The number of carbonyl (C=O) groups excluding carboxylic acids is 2. The predicted octanol–water partition coefficient (Wildman–Crippen LogP) is 3.29. The molecular weight excluding hydrogens is 311 g/mol. The first kappa shape index (κ1) is 16.5. The summed E-state index contributed by atoms with van der Waals surface area (Å²) in [5, 5.41) is 2.38. The van der Waals surface area contributed by atoms with Gasteiger partial charge in [0, 0.05) is 5.69 Å².